The van der Waals surface area contributed by atoms with Crippen LogP contribution in [0, 0.1) is 6.92 Å². The van der Waals surface area contributed by atoms with Gasteiger partial charge in [0.1, 0.15) is 5.56 Å². The maximum Gasteiger partial charge on any atom is 0.343 e. The van der Waals surface area contributed by atoms with E-state index in [1.807, 2.05) is 0 Å². The second-order valence-electron chi connectivity index (χ2n) is 4.34. The number of H-pyrrole nitrogens is 1. The van der Waals surface area contributed by atoms with Gasteiger partial charge in [0.25, 0.3) is 0 Å². The van der Waals surface area contributed by atoms with E-state index in [2.05, 4.69) is 20.7 Å². The molecule has 0 atom stereocenters. The van der Waals surface area contributed by atoms with Gasteiger partial charge in [-0.25, -0.2) is 4.79 Å². The normalized spacial score (nSPS) is 10.9. The van der Waals surface area contributed by atoms with E-state index in [0.29, 0.717) is 27.1 Å². The van der Waals surface area contributed by atoms with Gasteiger partial charge in [0.05, 0.1) is 22.9 Å². The third kappa shape index (κ3) is 3.78. The van der Waals surface area contributed by atoms with E-state index in [9.17, 15) is 4.79 Å². The molecule has 0 spiro atoms. The predicted octanol–water partition coefficient (Wildman–Crippen LogP) is 3.65. The molecule has 2 N–H and O–H groups in total. The van der Waals surface area contributed by atoms with E-state index in [0.717, 1.165) is 5.56 Å². The second-order valence-corrected chi connectivity index (χ2v) is 5.15. The Morgan fingerprint density at radius 1 is 1.45 bits per heavy atom. The molecule has 116 valence electrons. The van der Waals surface area contributed by atoms with Crippen LogP contribution < -0.4 is 5.43 Å². The minimum Gasteiger partial charge on any atom is -0.462 e. The molecule has 2 aromatic rings. The number of hydrazone groups is 1. The van der Waals surface area contributed by atoms with Crippen molar-refractivity contribution in [3.63, 3.8) is 0 Å². The summed E-state index contributed by atoms with van der Waals surface area (Å²) in [5.41, 5.74) is 4.39. The SMILES string of the molecule is CCOC(=O)c1c(N/N=C\c2ccc(Cl)c(Cl)c2)n[nH]c1C. The smallest absolute Gasteiger partial charge is 0.343 e. The third-order valence-electron chi connectivity index (χ3n) is 2.75. The zero-order valence-electron chi connectivity index (χ0n) is 12.0. The zero-order chi connectivity index (χ0) is 16.1. The summed E-state index contributed by atoms with van der Waals surface area (Å²) in [7, 11) is 0. The molecular formula is C14H14Cl2N4O2. The largest absolute Gasteiger partial charge is 0.462 e. The first-order chi connectivity index (χ1) is 10.5. The van der Waals surface area contributed by atoms with Gasteiger partial charge in [-0.05, 0) is 31.5 Å². The summed E-state index contributed by atoms with van der Waals surface area (Å²) in [5, 5.41) is 11.6. The standard InChI is InChI=1S/C14H14Cl2N4O2/c1-3-22-14(21)12-8(2)18-20-13(12)19-17-7-9-4-5-10(15)11(16)6-9/h4-7H,3H2,1-2H3,(H2,18,19,20)/b17-7-. The highest BCUT2D eigenvalue weighted by molar-refractivity contribution is 6.42. The van der Waals surface area contributed by atoms with Crippen LogP contribution in [0.2, 0.25) is 10.0 Å². The highest BCUT2D eigenvalue weighted by Crippen LogP contribution is 2.22. The van der Waals surface area contributed by atoms with E-state index in [4.69, 9.17) is 27.9 Å². The summed E-state index contributed by atoms with van der Waals surface area (Å²) in [4.78, 5) is 11.9. The summed E-state index contributed by atoms with van der Waals surface area (Å²) in [5.74, 6) is -0.159. The number of esters is 1. The molecule has 0 saturated heterocycles. The first-order valence-electron chi connectivity index (χ1n) is 6.49. The van der Waals surface area contributed by atoms with Crippen LogP contribution in [0.5, 0.6) is 0 Å². The van der Waals surface area contributed by atoms with Crippen molar-refractivity contribution in [2.24, 2.45) is 5.10 Å². The molecule has 0 unspecified atom stereocenters. The number of nitrogens with zero attached hydrogens (tertiary/aromatic N) is 2. The van der Waals surface area contributed by atoms with Crippen molar-refractivity contribution in [3.8, 4) is 0 Å². The Balaban J connectivity index is 2.13. The highest BCUT2D eigenvalue weighted by Gasteiger charge is 2.18. The summed E-state index contributed by atoms with van der Waals surface area (Å²) in [6.07, 6.45) is 1.54. The van der Waals surface area contributed by atoms with Crippen molar-refractivity contribution >= 4 is 41.2 Å². The number of carbonyl (C=O) groups excluding carboxylic acids is 1. The first-order valence-corrected chi connectivity index (χ1v) is 7.24. The molecule has 0 radical (unpaired) electrons. The molecular weight excluding hydrogens is 327 g/mol. The molecule has 0 aliphatic rings. The molecule has 1 aromatic carbocycles. The quantitative estimate of drug-likeness (QED) is 0.494. The number of aromatic nitrogens is 2. The van der Waals surface area contributed by atoms with Gasteiger partial charge in [0.15, 0.2) is 5.82 Å². The maximum atomic E-state index is 11.9. The lowest BCUT2D eigenvalue weighted by atomic mass is 10.2. The lowest BCUT2D eigenvalue weighted by Crippen LogP contribution is -2.08. The van der Waals surface area contributed by atoms with E-state index >= 15 is 0 Å². The summed E-state index contributed by atoms with van der Waals surface area (Å²) in [6, 6.07) is 5.12. The van der Waals surface area contributed by atoms with E-state index in [-0.39, 0.29) is 6.61 Å². The molecule has 8 heteroatoms. The maximum absolute atomic E-state index is 11.9. The van der Waals surface area contributed by atoms with Crippen molar-refractivity contribution in [2.45, 2.75) is 13.8 Å². The lowest BCUT2D eigenvalue weighted by molar-refractivity contribution is 0.0526. The number of aromatic amines is 1. The van der Waals surface area contributed by atoms with Crippen molar-refractivity contribution in [1.29, 1.82) is 0 Å². The molecule has 22 heavy (non-hydrogen) atoms. The predicted molar refractivity (Wildman–Crippen MR) is 87.0 cm³/mol. The van der Waals surface area contributed by atoms with Gasteiger partial charge in [0, 0.05) is 5.69 Å². The number of aryl methyl sites for hydroxylation is 1. The van der Waals surface area contributed by atoms with Crippen molar-refractivity contribution < 1.29 is 9.53 Å². The van der Waals surface area contributed by atoms with Gasteiger partial charge >= 0.3 is 5.97 Å². The highest BCUT2D eigenvalue weighted by atomic mass is 35.5. The van der Waals surface area contributed by atoms with Crippen LogP contribution >= 0.6 is 23.2 Å². The number of rotatable bonds is 5. The fraction of sp³-hybridized carbons (Fsp3) is 0.214. The van der Waals surface area contributed by atoms with E-state index in [1.165, 1.54) is 0 Å². The molecule has 2 rings (SSSR count). The van der Waals surface area contributed by atoms with Gasteiger partial charge in [-0.15, -0.1) is 0 Å². The molecule has 1 heterocycles. The zero-order valence-corrected chi connectivity index (χ0v) is 13.5. The Morgan fingerprint density at radius 2 is 2.23 bits per heavy atom. The van der Waals surface area contributed by atoms with Crippen LogP contribution in [0.3, 0.4) is 0 Å². The Labute approximate surface area is 137 Å². The van der Waals surface area contributed by atoms with E-state index < -0.39 is 5.97 Å². The van der Waals surface area contributed by atoms with Crippen LogP contribution in [0.25, 0.3) is 0 Å². The minimum absolute atomic E-state index is 0.287. The number of halogens is 2. The number of benzene rings is 1. The Bertz CT molecular complexity index is 713. The Hall–Kier alpha value is -2.05. The van der Waals surface area contributed by atoms with Crippen molar-refractivity contribution in [1.82, 2.24) is 10.2 Å². The number of anilines is 1. The van der Waals surface area contributed by atoms with Crippen LogP contribution in [0.1, 0.15) is 28.5 Å². The molecule has 0 aliphatic carbocycles. The summed E-state index contributed by atoms with van der Waals surface area (Å²) >= 11 is 11.8. The van der Waals surface area contributed by atoms with Gasteiger partial charge in [-0.3, -0.25) is 10.5 Å². The average molecular weight is 341 g/mol. The number of carbonyl (C=O) groups is 1. The molecule has 0 bridgehead atoms. The number of hydrogen-bond acceptors (Lipinski definition) is 5. The summed E-state index contributed by atoms with van der Waals surface area (Å²) < 4.78 is 4.98. The molecule has 1 aromatic heterocycles. The number of ether oxygens (including phenoxy) is 1. The fourth-order valence-corrected chi connectivity index (χ4v) is 2.03. The molecule has 0 amide bonds. The van der Waals surface area contributed by atoms with Gasteiger partial charge < -0.3 is 4.74 Å². The molecule has 0 aliphatic heterocycles. The van der Waals surface area contributed by atoms with Crippen LogP contribution in [0.4, 0.5) is 5.82 Å². The molecule has 0 saturated carbocycles. The van der Waals surface area contributed by atoms with Crippen LogP contribution in [-0.4, -0.2) is 29.0 Å². The van der Waals surface area contributed by atoms with Crippen molar-refractivity contribution in [2.75, 3.05) is 12.0 Å². The average Bonchev–Trinajstić information content (AvgIpc) is 2.84. The number of nitrogens with one attached hydrogen (secondary N) is 2. The van der Waals surface area contributed by atoms with Crippen molar-refractivity contribution in [3.05, 3.63) is 45.1 Å². The molecule has 6 nitrogen and oxygen atoms in total. The minimum atomic E-state index is -0.457. The van der Waals surface area contributed by atoms with Gasteiger partial charge in [-0.2, -0.15) is 10.2 Å². The second kappa shape index (κ2) is 7.29. The molecule has 0 fully saturated rings. The monoisotopic (exact) mass is 340 g/mol. The first kappa shape index (κ1) is 16.3. The lowest BCUT2D eigenvalue weighted by Gasteiger charge is -2.03. The van der Waals surface area contributed by atoms with Crippen LogP contribution in [-0.2, 0) is 4.74 Å². The van der Waals surface area contributed by atoms with Crippen LogP contribution in [0.15, 0.2) is 23.3 Å². The number of hydrogen-bond donors (Lipinski definition) is 2. The Morgan fingerprint density at radius 3 is 2.91 bits per heavy atom. The van der Waals surface area contributed by atoms with E-state index in [1.54, 1.807) is 38.3 Å². The van der Waals surface area contributed by atoms with Gasteiger partial charge in [-0.1, -0.05) is 29.3 Å². The fourth-order valence-electron chi connectivity index (χ4n) is 1.72. The van der Waals surface area contributed by atoms with Gasteiger partial charge in [0.2, 0.25) is 0 Å². The Kier molecular flexibility index (Phi) is 5.41. The topological polar surface area (TPSA) is 79.4 Å². The summed E-state index contributed by atoms with van der Waals surface area (Å²) in [6.45, 7) is 3.76. The third-order valence-corrected chi connectivity index (χ3v) is 3.49.